The minimum Gasteiger partial charge on any atom is -0.495 e. The van der Waals surface area contributed by atoms with Crippen LogP contribution in [0, 0.1) is 0 Å². The monoisotopic (exact) mass is 433 g/mol. The second-order valence-corrected chi connectivity index (χ2v) is 9.40. The van der Waals surface area contributed by atoms with Crippen molar-refractivity contribution in [3.8, 4) is 5.75 Å². The number of anilines is 2. The van der Waals surface area contributed by atoms with Gasteiger partial charge in [0.15, 0.2) is 0 Å². The fraction of sp³-hybridized carbons (Fsp3) is 0.455. The van der Waals surface area contributed by atoms with Gasteiger partial charge in [0.25, 0.3) is 0 Å². The summed E-state index contributed by atoms with van der Waals surface area (Å²) in [6, 6.07) is 15.6. The van der Waals surface area contributed by atoms with Crippen LogP contribution >= 0.6 is 0 Å². The molecule has 1 fully saturated rings. The number of rotatable bonds is 9. The van der Waals surface area contributed by atoms with Crippen LogP contribution in [0.4, 0.5) is 11.4 Å². The predicted molar refractivity (Wildman–Crippen MR) is 121 cm³/mol. The number of aliphatic hydroxyl groups excluding tert-OH is 1. The van der Waals surface area contributed by atoms with Gasteiger partial charge in [0, 0.05) is 31.9 Å². The summed E-state index contributed by atoms with van der Waals surface area (Å²) < 4.78 is 30.8. The molecule has 2 aromatic rings. The first-order chi connectivity index (χ1) is 14.4. The summed E-state index contributed by atoms with van der Waals surface area (Å²) in [4.78, 5) is 4.83. The Labute approximate surface area is 179 Å². The van der Waals surface area contributed by atoms with Gasteiger partial charge >= 0.3 is 0 Å². The van der Waals surface area contributed by atoms with Crippen molar-refractivity contribution in [1.29, 1.82) is 0 Å². The summed E-state index contributed by atoms with van der Waals surface area (Å²) in [5.41, 5.74) is 2.29. The second kappa shape index (κ2) is 10.1. The van der Waals surface area contributed by atoms with Gasteiger partial charge in [-0.3, -0.25) is 9.62 Å². The van der Waals surface area contributed by atoms with Crippen LogP contribution in [0.25, 0.3) is 0 Å². The van der Waals surface area contributed by atoms with Gasteiger partial charge in [-0.25, -0.2) is 8.42 Å². The lowest BCUT2D eigenvalue weighted by Crippen LogP contribution is -2.46. The number of aliphatic hydroxyl groups is 1. The summed E-state index contributed by atoms with van der Waals surface area (Å²) >= 11 is 0. The van der Waals surface area contributed by atoms with Crippen molar-refractivity contribution >= 4 is 21.4 Å². The Morgan fingerprint density at radius 1 is 1.10 bits per heavy atom. The summed E-state index contributed by atoms with van der Waals surface area (Å²) in [6.45, 7) is 4.97. The SMILES string of the molecule is COc1ccc(C(O)CCCN2CCN(c3ccccc3)CC2)cc1NS(C)(=O)=O. The fourth-order valence-corrected chi connectivity index (χ4v) is 4.31. The van der Waals surface area contributed by atoms with Crippen molar-refractivity contribution < 1.29 is 18.3 Å². The fourth-order valence-electron chi connectivity index (χ4n) is 3.76. The number of sulfonamides is 1. The molecule has 1 aliphatic rings. The molecule has 0 amide bonds. The van der Waals surface area contributed by atoms with E-state index in [2.05, 4.69) is 38.8 Å². The maximum absolute atomic E-state index is 11.6. The highest BCUT2D eigenvalue weighted by Gasteiger charge is 2.18. The Bertz CT molecular complexity index is 913. The number of nitrogens with zero attached hydrogens (tertiary/aromatic N) is 2. The minimum absolute atomic E-state index is 0.341. The zero-order chi connectivity index (χ0) is 21.6. The van der Waals surface area contributed by atoms with Crippen LogP contribution in [0.1, 0.15) is 24.5 Å². The van der Waals surface area contributed by atoms with Crippen LogP contribution in [-0.2, 0) is 10.0 Å². The smallest absolute Gasteiger partial charge is 0.229 e. The topological polar surface area (TPSA) is 82.1 Å². The number of piperazine rings is 1. The van der Waals surface area contributed by atoms with E-state index in [0.717, 1.165) is 45.4 Å². The molecule has 0 bridgehead atoms. The highest BCUT2D eigenvalue weighted by atomic mass is 32.2. The Hall–Kier alpha value is -2.29. The third-order valence-corrected chi connectivity index (χ3v) is 5.94. The average molecular weight is 434 g/mol. The van der Waals surface area contributed by atoms with E-state index in [4.69, 9.17) is 4.74 Å². The van der Waals surface area contributed by atoms with Crippen molar-refractivity contribution in [2.45, 2.75) is 18.9 Å². The molecule has 2 N–H and O–H groups in total. The van der Waals surface area contributed by atoms with Crippen molar-refractivity contribution in [2.24, 2.45) is 0 Å². The second-order valence-electron chi connectivity index (χ2n) is 7.66. The first-order valence-electron chi connectivity index (χ1n) is 10.2. The zero-order valence-electron chi connectivity index (χ0n) is 17.6. The highest BCUT2D eigenvalue weighted by Crippen LogP contribution is 2.30. The third kappa shape index (κ3) is 6.35. The molecule has 0 aliphatic carbocycles. The molecule has 3 rings (SSSR count). The quantitative estimate of drug-likeness (QED) is 0.633. The first kappa shape index (κ1) is 22.4. The summed E-state index contributed by atoms with van der Waals surface area (Å²) in [6.07, 6.45) is 1.92. The van der Waals surface area contributed by atoms with E-state index < -0.39 is 16.1 Å². The van der Waals surface area contributed by atoms with E-state index in [1.54, 1.807) is 18.2 Å². The van der Waals surface area contributed by atoms with Gasteiger partial charge < -0.3 is 14.7 Å². The molecule has 1 aliphatic heterocycles. The summed E-state index contributed by atoms with van der Waals surface area (Å²) in [5.74, 6) is 0.424. The highest BCUT2D eigenvalue weighted by molar-refractivity contribution is 7.92. The van der Waals surface area contributed by atoms with Crippen LogP contribution in [-0.4, -0.2) is 64.5 Å². The van der Waals surface area contributed by atoms with Gasteiger partial charge in [-0.05, 0) is 49.2 Å². The molecule has 164 valence electrons. The first-order valence-corrected chi connectivity index (χ1v) is 12.1. The van der Waals surface area contributed by atoms with E-state index in [1.165, 1.54) is 12.8 Å². The lowest BCUT2D eigenvalue weighted by Gasteiger charge is -2.36. The minimum atomic E-state index is -3.43. The van der Waals surface area contributed by atoms with Crippen LogP contribution in [0.3, 0.4) is 0 Å². The van der Waals surface area contributed by atoms with Gasteiger partial charge in [0.2, 0.25) is 10.0 Å². The Morgan fingerprint density at radius 3 is 2.43 bits per heavy atom. The van der Waals surface area contributed by atoms with Gasteiger partial charge in [-0.1, -0.05) is 24.3 Å². The molecule has 8 heteroatoms. The molecule has 1 unspecified atom stereocenters. The van der Waals surface area contributed by atoms with E-state index >= 15 is 0 Å². The standard InChI is InChI=1S/C22H31N3O4S/c1-29-22-11-10-18(17-20(22)23-30(2,27)28)21(26)9-6-12-24-13-15-25(16-14-24)19-7-4-3-5-8-19/h3-5,7-8,10-11,17,21,23,26H,6,9,12-16H2,1-2H3. The Kier molecular flexibility index (Phi) is 7.58. The molecule has 0 radical (unpaired) electrons. The molecule has 1 heterocycles. The van der Waals surface area contributed by atoms with Crippen LogP contribution in [0.5, 0.6) is 5.75 Å². The number of ether oxygens (including phenoxy) is 1. The van der Waals surface area contributed by atoms with Crippen LogP contribution in [0.2, 0.25) is 0 Å². The van der Waals surface area contributed by atoms with Crippen molar-refractivity contribution in [1.82, 2.24) is 4.90 Å². The molecule has 0 aromatic heterocycles. The molecule has 7 nitrogen and oxygen atoms in total. The zero-order valence-corrected chi connectivity index (χ0v) is 18.4. The molecule has 1 saturated heterocycles. The summed E-state index contributed by atoms with van der Waals surface area (Å²) in [5, 5.41) is 10.6. The molecule has 2 aromatic carbocycles. The normalized spacial score (nSPS) is 16.3. The maximum Gasteiger partial charge on any atom is 0.229 e. The Morgan fingerprint density at radius 2 is 1.80 bits per heavy atom. The lowest BCUT2D eigenvalue weighted by molar-refractivity contribution is 0.154. The molecular formula is C22H31N3O4S. The van der Waals surface area contributed by atoms with Gasteiger partial charge in [0.1, 0.15) is 5.75 Å². The number of benzene rings is 2. The number of methoxy groups -OCH3 is 1. The molecule has 30 heavy (non-hydrogen) atoms. The largest absolute Gasteiger partial charge is 0.495 e. The number of hydrogen-bond acceptors (Lipinski definition) is 6. The maximum atomic E-state index is 11.6. The van der Waals surface area contributed by atoms with Crippen LogP contribution < -0.4 is 14.4 Å². The molecule has 0 saturated carbocycles. The van der Waals surface area contributed by atoms with E-state index in [0.29, 0.717) is 23.4 Å². The number of para-hydroxylation sites is 1. The summed E-state index contributed by atoms with van der Waals surface area (Å²) in [7, 11) is -1.95. The van der Waals surface area contributed by atoms with Gasteiger partial charge in [-0.15, -0.1) is 0 Å². The molecule has 1 atom stereocenters. The van der Waals surface area contributed by atoms with Crippen molar-refractivity contribution in [3.05, 3.63) is 54.1 Å². The van der Waals surface area contributed by atoms with Gasteiger partial charge in [0.05, 0.1) is 25.2 Å². The van der Waals surface area contributed by atoms with E-state index in [1.807, 2.05) is 6.07 Å². The lowest BCUT2D eigenvalue weighted by atomic mass is 10.0. The molecule has 0 spiro atoms. The average Bonchev–Trinajstić information content (AvgIpc) is 2.73. The van der Waals surface area contributed by atoms with E-state index in [9.17, 15) is 13.5 Å². The Balaban J connectivity index is 1.48. The number of nitrogens with one attached hydrogen (secondary N) is 1. The third-order valence-electron chi connectivity index (χ3n) is 5.35. The van der Waals surface area contributed by atoms with E-state index in [-0.39, 0.29) is 0 Å². The van der Waals surface area contributed by atoms with Crippen LogP contribution in [0.15, 0.2) is 48.5 Å². The number of hydrogen-bond donors (Lipinski definition) is 2. The van der Waals surface area contributed by atoms with Crippen molar-refractivity contribution in [2.75, 3.05) is 55.7 Å². The van der Waals surface area contributed by atoms with Gasteiger partial charge in [-0.2, -0.15) is 0 Å². The van der Waals surface area contributed by atoms with Crippen molar-refractivity contribution in [3.63, 3.8) is 0 Å². The predicted octanol–water partition coefficient (Wildman–Crippen LogP) is 2.70. The molecular weight excluding hydrogens is 402 g/mol.